The summed E-state index contributed by atoms with van der Waals surface area (Å²) in [5.74, 6) is -0.335. The summed E-state index contributed by atoms with van der Waals surface area (Å²) in [7, 11) is 1.33. The number of esters is 1. The molecule has 1 saturated carbocycles. The van der Waals surface area contributed by atoms with E-state index in [1.165, 1.54) is 7.11 Å². The van der Waals surface area contributed by atoms with Gasteiger partial charge in [0, 0.05) is 30.0 Å². The number of hydrogen-bond acceptors (Lipinski definition) is 5. The zero-order chi connectivity index (χ0) is 19.2. The molecule has 0 spiro atoms. The first-order valence-electron chi connectivity index (χ1n) is 9.34. The molecule has 2 aromatic rings. The van der Waals surface area contributed by atoms with Gasteiger partial charge in [-0.1, -0.05) is 11.6 Å². The third kappa shape index (κ3) is 3.18. The van der Waals surface area contributed by atoms with Gasteiger partial charge in [-0.25, -0.2) is 4.79 Å². The van der Waals surface area contributed by atoms with Gasteiger partial charge in [0.2, 0.25) is 0 Å². The Balaban J connectivity index is 1.79. The van der Waals surface area contributed by atoms with Crippen LogP contribution in [0.1, 0.15) is 52.4 Å². The van der Waals surface area contributed by atoms with Crippen LogP contribution in [0.4, 0.5) is 0 Å². The van der Waals surface area contributed by atoms with Crippen LogP contribution in [0, 0.1) is 13.8 Å². The van der Waals surface area contributed by atoms with E-state index < -0.39 is 11.5 Å². The first-order chi connectivity index (χ1) is 12.9. The molecule has 1 aliphatic heterocycles. The predicted molar refractivity (Wildman–Crippen MR) is 101 cm³/mol. The number of benzene rings is 1. The number of amides is 1. The maximum Gasteiger partial charge on any atom is 0.334 e. The summed E-state index contributed by atoms with van der Waals surface area (Å²) in [6.45, 7) is 4.56. The van der Waals surface area contributed by atoms with Crippen molar-refractivity contribution in [3.63, 3.8) is 0 Å². The molecule has 1 N–H and O–H groups in total. The minimum Gasteiger partial charge on any atom is -0.467 e. The van der Waals surface area contributed by atoms with Crippen molar-refractivity contribution in [2.45, 2.75) is 44.6 Å². The number of aromatic nitrogens is 1. The van der Waals surface area contributed by atoms with E-state index in [1.807, 2.05) is 26.0 Å². The van der Waals surface area contributed by atoms with E-state index in [2.05, 4.69) is 11.4 Å². The van der Waals surface area contributed by atoms with Crippen LogP contribution in [0.25, 0.3) is 10.9 Å². The van der Waals surface area contributed by atoms with Gasteiger partial charge in [-0.15, -0.1) is 0 Å². The summed E-state index contributed by atoms with van der Waals surface area (Å²) < 4.78 is 10.3. The van der Waals surface area contributed by atoms with Crippen molar-refractivity contribution in [3.8, 4) is 0 Å². The van der Waals surface area contributed by atoms with Crippen molar-refractivity contribution >= 4 is 22.8 Å². The van der Waals surface area contributed by atoms with Gasteiger partial charge in [-0.2, -0.15) is 0 Å². The Bertz CT molecular complexity index is 927. The molecule has 0 radical (unpaired) electrons. The first kappa shape index (κ1) is 17.9. The number of methoxy groups -OCH3 is 1. The zero-order valence-corrected chi connectivity index (χ0v) is 15.9. The highest BCUT2D eigenvalue weighted by Crippen LogP contribution is 2.40. The zero-order valence-electron chi connectivity index (χ0n) is 15.9. The van der Waals surface area contributed by atoms with Gasteiger partial charge in [0.1, 0.15) is 0 Å². The van der Waals surface area contributed by atoms with Crippen LogP contribution in [0.5, 0.6) is 0 Å². The highest BCUT2D eigenvalue weighted by atomic mass is 16.5. The van der Waals surface area contributed by atoms with Crippen molar-refractivity contribution in [2.24, 2.45) is 0 Å². The number of fused-ring (bicyclic) bond motifs is 1. The van der Waals surface area contributed by atoms with Gasteiger partial charge >= 0.3 is 5.97 Å². The normalized spacial score (nSPS) is 22.0. The fourth-order valence-corrected chi connectivity index (χ4v) is 3.83. The fraction of sp³-hybridized carbons (Fsp3) is 0.476. The van der Waals surface area contributed by atoms with Crippen LogP contribution in [0.3, 0.4) is 0 Å². The number of hydrogen-bond donors (Lipinski definition) is 1. The lowest BCUT2D eigenvalue weighted by Gasteiger charge is -2.26. The van der Waals surface area contributed by atoms with Gasteiger partial charge in [-0.3, -0.25) is 9.78 Å². The molecule has 1 aromatic heterocycles. The Hall–Kier alpha value is -2.47. The number of carbonyl (C=O) groups is 2. The fourth-order valence-electron chi connectivity index (χ4n) is 3.83. The molecule has 1 atom stereocenters. The molecular weight excluding hydrogens is 344 g/mol. The molecule has 1 aromatic carbocycles. The van der Waals surface area contributed by atoms with Gasteiger partial charge in [0.05, 0.1) is 24.8 Å². The molecular formula is C21H24N2O4. The second kappa shape index (κ2) is 6.60. The number of ether oxygens (including phenoxy) is 2. The smallest absolute Gasteiger partial charge is 0.334 e. The van der Waals surface area contributed by atoms with Crippen molar-refractivity contribution < 1.29 is 19.1 Å². The van der Waals surface area contributed by atoms with Crippen molar-refractivity contribution in [2.75, 3.05) is 20.3 Å². The molecule has 2 heterocycles. The number of pyridine rings is 1. The quantitative estimate of drug-likeness (QED) is 0.840. The second-order valence-corrected chi connectivity index (χ2v) is 7.68. The Morgan fingerprint density at radius 1 is 1.26 bits per heavy atom. The molecule has 142 valence electrons. The number of aryl methyl sites for hydroxylation is 2. The Morgan fingerprint density at radius 2 is 2.04 bits per heavy atom. The molecule has 6 heteroatoms. The molecule has 2 fully saturated rings. The maximum atomic E-state index is 13.3. The topological polar surface area (TPSA) is 77.5 Å². The predicted octanol–water partition coefficient (Wildman–Crippen LogP) is 2.79. The lowest BCUT2D eigenvalue weighted by molar-refractivity contribution is -0.148. The Morgan fingerprint density at radius 3 is 2.67 bits per heavy atom. The lowest BCUT2D eigenvalue weighted by Crippen LogP contribution is -2.55. The number of rotatable bonds is 4. The molecule has 4 rings (SSSR count). The van der Waals surface area contributed by atoms with Crippen molar-refractivity contribution in [3.05, 3.63) is 40.6 Å². The minimum atomic E-state index is -1.12. The lowest BCUT2D eigenvalue weighted by atomic mass is 9.96. The highest BCUT2D eigenvalue weighted by molar-refractivity contribution is 6.08. The average Bonchev–Trinajstić information content (AvgIpc) is 3.39. The van der Waals surface area contributed by atoms with E-state index in [1.54, 1.807) is 0 Å². The van der Waals surface area contributed by atoms with Crippen LogP contribution < -0.4 is 5.32 Å². The third-order valence-electron chi connectivity index (χ3n) is 5.46. The van der Waals surface area contributed by atoms with Crippen LogP contribution >= 0.6 is 0 Å². The summed E-state index contributed by atoms with van der Waals surface area (Å²) in [5.41, 5.74) is 3.36. The molecule has 2 aliphatic rings. The summed E-state index contributed by atoms with van der Waals surface area (Å²) >= 11 is 0. The first-order valence-corrected chi connectivity index (χ1v) is 9.34. The molecule has 0 unspecified atom stereocenters. The number of nitrogens with zero attached hydrogens (tertiary/aromatic N) is 1. The molecule has 27 heavy (non-hydrogen) atoms. The highest BCUT2D eigenvalue weighted by Gasteiger charge is 2.45. The summed E-state index contributed by atoms with van der Waals surface area (Å²) in [5, 5.41) is 3.72. The SMILES string of the molecule is COC(=O)[C@]1(NC(=O)c2cc(C3CC3)nc3c(C)cc(C)cc23)CCOC1. The van der Waals surface area contributed by atoms with E-state index in [4.69, 9.17) is 14.5 Å². The van der Waals surface area contributed by atoms with Gasteiger partial charge in [-0.05, 0) is 44.4 Å². The van der Waals surface area contributed by atoms with Crippen molar-refractivity contribution in [1.82, 2.24) is 10.3 Å². The summed E-state index contributed by atoms with van der Waals surface area (Å²) in [4.78, 5) is 30.4. The van der Waals surface area contributed by atoms with Crippen LogP contribution in [0.2, 0.25) is 0 Å². The molecule has 1 saturated heterocycles. The van der Waals surface area contributed by atoms with Crippen LogP contribution in [-0.2, 0) is 14.3 Å². The molecule has 0 bridgehead atoms. The van der Waals surface area contributed by atoms with Gasteiger partial charge in [0.15, 0.2) is 5.54 Å². The van der Waals surface area contributed by atoms with Crippen LogP contribution in [-0.4, -0.2) is 42.7 Å². The number of carbonyl (C=O) groups excluding carboxylic acids is 2. The molecule has 1 amide bonds. The van der Waals surface area contributed by atoms with Gasteiger partial charge in [0.25, 0.3) is 5.91 Å². The van der Waals surface area contributed by atoms with Crippen molar-refractivity contribution in [1.29, 1.82) is 0 Å². The Kier molecular flexibility index (Phi) is 4.38. The average molecular weight is 368 g/mol. The second-order valence-electron chi connectivity index (χ2n) is 7.68. The summed E-state index contributed by atoms with van der Waals surface area (Å²) in [6, 6.07) is 5.94. The largest absolute Gasteiger partial charge is 0.467 e. The third-order valence-corrected chi connectivity index (χ3v) is 5.46. The minimum absolute atomic E-state index is 0.127. The standard InChI is InChI=1S/C21H24N2O4/c1-12-8-13(2)18-15(9-12)16(10-17(22-18)14-4-5-14)19(24)23-21(20(25)26-3)6-7-27-11-21/h8-10,14H,4-7,11H2,1-3H3,(H,23,24)/t21-/m0/s1. The van der Waals surface area contributed by atoms with E-state index >= 15 is 0 Å². The number of nitrogens with one attached hydrogen (secondary N) is 1. The van der Waals surface area contributed by atoms with Crippen LogP contribution in [0.15, 0.2) is 18.2 Å². The van der Waals surface area contributed by atoms with E-state index in [0.717, 1.165) is 40.6 Å². The molecule has 1 aliphatic carbocycles. The Labute approximate surface area is 158 Å². The van der Waals surface area contributed by atoms with E-state index in [9.17, 15) is 9.59 Å². The monoisotopic (exact) mass is 368 g/mol. The van der Waals surface area contributed by atoms with E-state index in [0.29, 0.717) is 24.5 Å². The van der Waals surface area contributed by atoms with E-state index in [-0.39, 0.29) is 12.5 Å². The summed E-state index contributed by atoms with van der Waals surface area (Å²) in [6.07, 6.45) is 2.61. The molecule has 6 nitrogen and oxygen atoms in total. The van der Waals surface area contributed by atoms with Gasteiger partial charge < -0.3 is 14.8 Å². The maximum absolute atomic E-state index is 13.3.